The van der Waals surface area contributed by atoms with Crippen molar-refractivity contribution in [2.75, 3.05) is 19.8 Å². The van der Waals surface area contributed by atoms with Crippen LogP contribution < -0.4 is 0 Å². The van der Waals surface area contributed by atoms with Crippen LogP contribution in [0, 0.1) is 51.8 Å². The Balaban J connectivity index is 0.000000123. The molecule has 3 N–H and O–H groups in total. The predicted octanol–water partition coefficient (Wildman–Crippen LogP) is 12.3. The zero-order chi connectivity index (χ0) is 70.4. The van der Waals surface area contributed by atoms with Crippen LogP contribution in [0.3, 0.4) is 0 Å². The van der Waals surface area contributed by atoms with E-state index in [9.17, 15) is 44.1 Å². The summed E-state index contributed by atoms with van der Waals surface area (Å²) in [6.45, 7) is 11.1. The lowest BCUT2D eigenvalue weighted by atomic mass is 9.61. The van der Waals surface area contributed by atoms with Gasteiger partial charge in [0.2, 0.25) is 0 Å². The molecule has 0 saturated heterocycles. The van der Waals surface area contributed by atoms with Crippen molar-refractivity contribution in [2.24, 2.45) is 51.8 Å². The maximum atomic E-state index is 12.7. The molecule has 18 atom stereocenters. The fourth-order valence-corrected chi connectivity index (χ4v) is 19.9. The molecule has 0 amide bonds. The summed E-state index contributed by atoms with van der Waals surface area (Å²) in [5, 5.41) is 33.3. The highest BCUT2D eigenvalue weighted by molar-refractivity contribution is 6.01. The maximum absolute atomic E-state index is 12.7. The van der Waals surface area contributed by atoms with Gasteiger partial charge in [0.15, 0.2) is 17.3 Å². The van der Waals surface area contributed by atoms with E-state index in [1.807, 2.05) is 55.0 Å². The molecule has 18 heteroatoms. The zero-order valence-corrected chi connectivity index (χ0v) is 57.9. The Kier molecular flexibility index (Phi) is 18.0. The number of carbonyl (C=O) groups excluding carboxylic acids is 6. The number of hydrogen-bond acceptors (Lipinski definition) is 18. The molecule has 18 nitrogen and oxygen atoms in total. The van der Waals surface area contributed by atoms with E-state index in [4.69, 9.17) is 28.4 Å². The van der Waals surface area contributed by atoms with Crippen molar-refractivity contribution in [3.05, 3.63) is 208 Å². The molecule has 3 aromatic heterocycles. The Hall–Kier alpha value is -8.97. The first-order valence-corrected chi connectivity index (χ1v) is 35.9. The lowest BCUT2D eigenvalue weighted by Gasteiger charge is -2.48. The molecular weight excluding hydrogens is 1280 g/mol. The quantitative estimate of drug-likeness (QED) is 0.0915. The highest BCUT2D eigenvalue weighted by Crippen LogP contribution is 2.65. The molecule has 12 aliphatic rings. The average molecular weight is 1370 g/mol. The van der Waals surface area contributed by atoms with Gasteiger partial charge in [-0.3, -0.25) is 43.7 Å². The number of carbonyl (C=O) groups is 6. The van der Waals surface area contributed by atoms with Crippen LogP contribution in [-0.4, -0.2) is 122 Å². The highest BCUT2D eigenvalue weighted by Gasteiger charge is 2.62. The summed E-state index contributed by atoms with van der Waals surface area (Å²) in [6.07, 6.45) is 30.8. The van der Waals surface area contributed by atoms with Gasteiger partial charge < -0.3 is 43.7 Å². The summed E-state index contributed by atoms with van der Waals surface area (Å²) in [7, 11) is 0. The van der Waals surface area contributed by atoms with Crippen molar-refractivity contribution >= 4 is 56.8 Å². The Morgan fingerprint density at radius 3 is 1.37 bits per heavy atom. The van der Waals surface area contributed by atoms with Crippen molar-refractivity contribution in [3.8, 4) is 0 Å². The number of fused-ring (bicyclic) bond motifs is 11. The van der Waals surface area contributed by atoms with Gasteiger partial charge in [0.05, 0.1) is 16.7 Å². The predicted molar refractivity (Wildman–Crippen MR) is 373 cm³/mol. The number of ketones is 3. The molecule has 9 aliphatic carbocycles. The zero-order valence-electron chi connectivity index (χ0n) is 57.9. The summed E-state index contributed by atoms with van der Waals surface area (Å²) < 4.78 is 37.3. The van der Waals surface area contributed by atoms with Crippen molar-refractivity contribution in [2.45, 2.75) is 167 Å². The number of esters is 3. The Morgan fingerprint density at radius 2 is 0.911 bits per heavy atom. The molecule has 17 rings (SSSR count). The van der Waals surface area contributed by atoms with Crippen LogP contribution in [0.1, 0.15) is 147 Å². The maximum Gasteiger partial charge on any atom is 0.302 e. The molecule has 2 aromatic carbocycles. The number of pyridine rings is 3. The molecule has 3 aliphatic heterocycles. The number of Topliss-reactive ketones (excluding diaryl/α,β-unsaturated/α-hetero) is 3. The van der Waals surface area contributed by atoms with E-state index >= 15 is 0 Å². The molecule has 5 aromatic rings. The third-order valence-corrected chi connectivity index (χ3v) is 24.6. The van der Waals surface area contributed by atoms with Crippen LogP contribution in [0.5, 0.6) is 0 Å². The van der Waals surface area contributed by atoms with E-state index in [-0.39, 0.29) is 161 Å². The summed E-state index contributed by atoms with van der Waals surface area (Å²) >= 11 is 0. The number of ether oxygens (including phenoxy) is 6. The van der Waals surface area contributed by atoms with Crippen LogP contribution in [0.4, 0.5) is 0 Å². The van der Waals surface area contributed by atoms with E-state index in [1.165, 1.54) is 31.9 Å². The van der Waals surface area contributed by atoms with E-state index in [0.29, 0.717) is 79.6 Å². The van der Waals surface area contributed by atoms with Gasteiger partial charge in [-0.05, 0) is 136 Å². The molecule has 0 bridgehead atoms. The number of benzene rings is 2. The standard InChI is InChI=1S/C29H31NO5.C29H29NO5.C25H27NO5/c2*1-16(32)34-26-13-23-28-20(12-22-24(33)9-17(15-31)10-25(22)35-28)5-7-29(23,2)27(26)19-3-4-21-14-30-8-6-18(21)11-19;1-14(28)30-22-11-19-24-16(10-18-20(29)8-15(13-27)9-21(18)31-24)5-6-25(19,2)23(22)17-4-3-7-26-12-17/h3-4,6,8,11-12,14,17,23,26-28,31H,5,7,9-10,13,15H2,1-2H3;3-8,11-12,14,17,23,26-28,31H,9-10,13,15H2,1-2H3;3-7,10,12,15,19,22-24,27H,8-9,11,13H2,1-2H3/t2*17?,23-,26?,27-,28+,29-;15?,19-,22?,23-,24+,25-/m000/s1. The van der Waals surface area contributed by atoms with Gasteiger partial charge in [0, 0.05) is 173 Å². The minimum Gasteiger partial charge on any atom is -0.489 e. The van der Waals surface area contributed by atoms with Gasteiger partial charge in [-0.2, -0.15) is 0 Å². The molecule has 101 heavy (non-hydrogen) atoms. The minimum absolute atomic E-state index is 0.0116. The Morgan fingerprint density at radius 1 is 0.485 bits per heavy atom. The van der Waals surface area contributed by atoms with E-state index in [0.717, 1.165) is 68.8 Å². The van der Waals surface area contributed by atoms with Crippen molar-refractivity contribution in [3.63, 3.8) is 0 Å². The van der Waals surface area contributed by atoms with Gasteiger partial charge in [-0.15, -0.1) is 0 Å². The minimum atomic E-state index is -0.310. The fraction of sp³-hybridized carbons (Fsp3) is 0.458. The van der Waals surface area contributed by atoms with Crippen molar-refractivity contribution in [1.82, 2.24) is 15.0 Å². The fourth-order valence-electron chi connectivity index (χ4n) is 19.9. The topological polar surface area (TPSA) is 257 Å². The highest BCUT2D eigenvalue weighted by atomic mass is 16.6. The van der Waals surface area contributed by atoms with Gasteiger partial charge >= 0.3 is 17.9 Å². The summed E-state index contributed by atoms with van der Waals surface area (Å²) in [5.41, 5.74) is 7.75. The number of aromatic nitrogens is 3. The van der Waals surface area contributed by atoms with Crippen LogP contribution in [0.2, 0.25) is 0 Å². The summed E-state index contributed by atoms with van der Waals surface area (Å²) in [5.74, 6) is 1.41. The van der Waals surface area contributed by atoms with Gasteiger partial charge in [-0.1, -0.05) is 87.5 Å². The molecule has 6 unspecified atom stereocenters. The van der Waals surface area contributed by atoms with E-state index in [1.54, 1.807) is 18.6 Å². The first-order valence-electron chi connectivity index (χ1n) is 35.9. The van der Waals surface area contributed by atoms with Crippen LogP contribution in [0.25, 0.3) is 21.5 Å². The lowest BCUT2D eigenvalue weighted by molar-refractivity contribution is -0.148. The lowest BCUT2D eigenvalue weighted by Crippen LogP contribution is -2.44. The molecule has 4 fully saturated rings. The smallest absolute Gasteiger partial charge is 0.302 e. The average Bonchev–Trinajstić information content (AvgIpc) is 1.61. The number of nitrogens with zero attached hydrogens (tertiary/aromatic N) is 3. The van der Waals surface area contributed by atoms with E-state index < -0.39 is 0 Å². The number of allylic oxidation sites excluding steroid dienone is 11. The molecule has 0 spiro atoms. The van der Waals surface area contributed by atoms with Gasteiger partial charge in [-0.25, -0.2) is 0 Å². The van der Waals surface area contributed by atoms with Crippen molar-refractivity contribution in [1.29, 1.82) is 0 Å². The molecule has 4 saturated carbocycles. The van der Waals surface area contributed by atoms with Crippen LogP contribution in [-0.2, 0) is 57.2 Å². The van der Waals surface area contributed by atoms with Crippen LogP contribution in [0.15, 0.2) is 191 Å². The number of aliphatic hydroxyl groups excluding tert-OH is 3. The Labute approximate surface area is 587 Å². The largest absolute Gasteiger partial charge is 0.489 e. The number of aliphatic hydroxyl groups is 3. The number of rotatable bonds is 9. The monoisotopic (exact) mass is 1370 g/mol. The third kappa shape index (κ3) is 12.2. The third-order valence-electron chi connectivity index (χ3n) is 24.6. The SMILES string of the molecule is CC(=O)OC1C[C@H]2[C@@H]3OC4=C(C=C3C=C[C@]2(C)[C@H]1c1ccc2cnccc2c1)C(=O)CC(CO)C4.CC(=O)OC1C[C@H]2[C@@H]3OC4=C(C=C3C=C[C@]2(C)[C@H]1c1cccnc1)C(=O)CC(CO)C4.CC(=O)OC1C[C@H]2[C@@H]3OC4=C(C=C3CC[C@]2(C)[C@H]1c1ccc2cnccc2c1)C(=O)CC(CO)C4. The second-order valence-electron chi connectivity index (χ2n) is 30.8. The summed E-state index contributed by atoms with van der Waals surface area (Å²) in [4.78, 5) is 86.9. The second kappa shape index (κ2) is 26.8. The molecule has 6 heterocycles. The van der Waals surface area contributed by atoms with Gasteiger partial charge in [0.1, 0.15) is 53.9 Å². The molecule has 524 valence electrons. The summed E-state index contributed by atoms with van der Waals surface area (Å²) in [6, 6.07) is 20.8. The first kappa shape index (κ1) is 67.8. The van der Waals surface area contributed by atoms with Crippen molar-refractivity contribution < 1.29 is 72.5 Å². The number of hydrogen-bond donors (Lipinski definition) is 3. The van der Waals surface area contributed by atoms with Crippen LogP contribution >= 0.6 is 0 Å². The normalized spacial score (nSPS) is 34.5. The van der Waals surface area contributed by atoms with Gasteiger partial charge in [0.25, 0.3) is 0 Å². The molecular formula is C83H87N3O15. The molecule has 0 radical (unpaired) electrons. The second-order valence-corrected chi connectivity index (χ2v) is 30.8. The Bertz CT molecular complexity index is 4500. The first-order chi connectivity index (χ1) is 48.6. The van der Waals surface area contributed by atoms with E-state index in [2.05, 4.69) is 103 Å².